The molecule has 0 atom stereocenters. The van der Waals surface area contributed by atoms with E-state index in [4.69, 9.17) is 0 Å². The molecule has 0 unspecified atom stereocenters. The SMILES string of the molecule is O=C1Nc2ccccc2N(O)N1c1ccc(Br)cc1. The summed E-state index contributed by atoms with van der Waals surface area (Å²) in [5.41, 5.74) is 1.66. The van der Waals surface area contributed by atoms with E-state index in [1.54, 1.807) is 48.5 Å². The number of anilines is 3. The summed E-state index contributed by atoms with van der Waals surface area (Å²) in [5, 5.41) is 14.9. The molecule has 5 nitrogen and oxygen atoms in total. The Morgan fingerprint density at radius 1 is 1.05 bits per heavy atom. The summed E-state index contributed by atoms with van der Waals surface area (Å²) in [6.07, 6.45) is 0. The van der Waals surface area contributed by atoms with Crippen LogP contribution in [0.15, 0.2) is 53.0 Å². The fourth-order valence-electron chi connectivity index (χ4n) is 1.92. The largest absolute Gasteiger partial charge is 0.347 e. The van der Waals surface area contributed by atoms with Gasteiger partial charge < -0.3 is 5.32 Å². The number of hydrogen-bond acceptors (Lipinski definition) is 3. The summed E-state index contributed by atoms with van der Waals surface area (Å²) in [5.74, 6) is 0. The highest BCUT2D eigenvalue weighted by molar-refractivity contribution is 9.10. The zero-order valence-corrected chi connectivity index (χ0v) is 11.3. The van der Waals surface area contributed by atoms with Crippen LogP contribution < -0.4 is 15.5 Å². The van der Waals surface area contributed by atoms with Crippen LogP contribution in [0.3, 0.4) is 0 Å². The Labute approximate surface area is 118 Å². The molecule has 0 saturated heterocycles. The van der Waals surface area contributed by atoms with Gasteiger partial charge in [-0.2, -0.15) is 10.2 Å². The summed E-state index contributed by atoms with van der Waals surface area (Å²) < 4.78 is 0.901. The molecule has 2 N–H and O–H groups in total. The van der Waals surface area contributed by atoms with Gasteiger partial charge in [0, 0.05) is 4.47 Å². The fourth-order valence-corrected chi connectivity index (χ4v) is 2.19. The van der Waals surface area contributed by atoms with Crippen LogP contribution in [0, 0.1) is 0 Å². The first-order valence-corrected chi connectivity index (χ1v) is 6.41. The van der Waals surface area contributed by atoms with Crippen LogP contribution >= 0.6 is 15.9 Å². The number of urea groups is 1. The lowest BCUT2D eigenvalue weighted by Gasteiger charge is -2.36. The van der Waals surface area contributed by atoms with E-state index in [1.807, 2.05) is 0 Å². The first-order chi connectivity index (χ1) is 9.16. The minimum atomic E-state index is -0.413. The van der Waals surface area contributed by atoms with Gasteiger partial charge in [0.15, 0.2) is 0 Å². The molecule has 0 fully saturated rings. The number of benzene rings is 2. The molecule has 3 rings (SSSR count). The Hall–Kier alpha value is -2.05. The first kappa shape index (κ1) is 12.0. The van der Waals surface area contributed by atoms with Crippen molar-refractivity contribution in [3.05, 3.63) is 53.0 Å². The van der Waals surface area contributed by atoms with Crippen molar-refractivity contribution in [3.63, 3.8) is 0 Å². The zero-order valence-electron chi connectivity index (χ0n) is 9.75. The summed E-state index contributed by atoms with van der Waals surface area (Å²) in [6, 6.07) is 13.7. The third-order valence-corrected chi connectivity index (χ3v) is 3.34. The van der Waals surface area contributed by atoms with Gasteiger partial charge in [0.1, 0.15) is 5.69 Å². The number of halogens is 1. The third kappa shape index (κ3) is 2.05. The standard InChI is InChI=1S/C13H10BrN3O2/c14-9-5-7-10(8-6-9)16-13(18)15-11-3-1-2-4-12(11)17(16)19/h1-8,19H,(H,15,18). The molecule has 1 aliphatic heterocycles. The number of hydrazine groups is 1. The normalized spacial score (nSPS) is 14.1. The second kappa shape index (κ2) is 4.56. The Balaban J connectivity index is 2.04. The summed E-state index contributed by atoms with van der Waals surface area (Å²) in [4.78, 5) is 12.1. The van der Waals surface area contributed by atoms with E-state index in [0.717, 1.165) is 14.7 Å². The van der Waals surface area contributed by atoms with Crippen LogP contribution in [0.25, 0.3) is 0 Å². The van der Waals surface area contributed by atoms with Crippen LogP contribution in [0.4, 0.5) is 21.9 Å². The molecule has 0 bridgehead atoms. The van der Waals surface area contributed by atoms with Gasteiger partial charge in [-0.3, -0.25) is 5.21 Å². The van der Waals surface area contributed by atoms with Crippen molar-refractivity contribution in [1.82, 2.24) is 0 Å². The van der Waals surface area contributed by atoms with Gasteiger partial charge in [-0.05, 0) is 36.4 Å². The lowest BCUT2D eigenvalue weighted by atomic mass is 10.2. The molecule has 2 amide bonds. The van der Waals surface area contributed by atoms with Gasteiger partial charge in [-0.1, -0.05) is 28.1 Å². The van der Waals surface area contributed by atoms with Crippen molar-refractivity contribution in [1.29, 1.82) is 0 Å². The molecule has 1 heterocycles. The number of nitrogens with zero attached hydrogens (tertiary/aromatic N) is 2. The zero-order chi connectivity index (χ0) is 13.4. The monoisotopic (exact) mass is 319 g/mol. The molecule has 6 heteroatoms. The van der Waals surface area contributed by atoms with Gasteiger partial charge in [-0.25, -0.2) is 4.79 Å². The summed E-state index contributed by atoms with van der Waals surface area (Å²) >= 11 is 3.33. The number of hydrogen-bond donors (Lipinski definition) is 2. The molecule has 96 valence electrons. The first-order valence-electron chi connectivity index (χ1n) is 5.61. The topological polar surface area (TPSA) is 55.8 Å². The van der Waals surface area contributed by atoms with E-state index in [9.17, 15) is 10.0 Å². The van der Waals surface area contributed by atoms with E-state index in [1.165, 1.54) is 0 Å². The lowest BCUT2D eigenvalue weighted by Crippen LogP contribution is -2.50. The van der Waals surface area contributed by atoms with Crippen molar-refractivity contribution < 1.29 is 10.0 Å². The smallest absolute Gasteiger partial charge is 0.304 e. The van der Waals surface area contributed by atoms with Crippen LogP contribution in [-0.4, -0.2) is 11.2 Å². The highest BCUT2D eigenvalue weighted by Crippen LogP contribution is 2.33. The Bertz CT molecular complexity index is 630. The van der Waals surface area contributed by atoms with Crippen LogP contribution in [0.1, 0.15) is 0 Å². The molecule has 1 aliphatic rings. The van der Waals surface area contributed by atoms with Gasteiger partial charge in [0.25, 0.3) is 0 Å². The van der Waals surface area contributed by atoms with E-state index in [0.29, 0.717) is 17.1 Å². The van der Waals surface area contributed by atoms with Gasteiger partial charge in [0.2, 0.25) is 0 Å². The maximum absolute atomic E-state index is 12.1. The molecule has 2 aromatic carbocycles. The highest BCUT2D eigenvalue weighted by Gasteiger charge is 2.29. The average Bonchev–Trinajstić information content (AvgIpc) is 2.41. The second-order valence-electron chi connectivity index (χ2n) is 4.02. The molecule has 0 radical (unpaired) electrons. The molecular weight excluding hydrogens is 310 g/mol. The molecular formula is C13H10BrN3O2. The highest BCUT2D eigenvalue weighted by atomic mass is 79.9. The van der Waals surface area contributed by atoms with E-state index in [-0.39, 0.29) is 0 Å². The second-order valence-corrected chi connectivity index (χ2v) is 4.94. The molecule has 19 heavy (non-hydrogen) atoms. The van der Waals surface area contributed by atoms with E-state index in [2.05, 4.69) is 21.2 Å². The quantitative estimate of drug-likeness (QED) is 0.844. The third-order valence-electron chi connectivity index (χ3n) is 2.81. The maximum Gasteiger partial charge on any atom is 0.347 e. The summed E-state index contributed by atoms with van der Waals surface area (Å²) in [6.45, 7) is 0. The van der Waals surface area contributed by atoms with Gasteiger partial charge >= 0.3 is 6.03 Å². The van der Waals surface area contributed by atoms with Crippen molar-refractivity contribution >= 4 is 39.0 Å². The number of carbonyl (C=O) groups is 1. The number of nitrogens with one attached hydrogen (secondary N) is 1. The van der Waals surface area contributed by atoms with E-state index < -0.39 is 6.03 Å². The van der Waals surface area contributed by atoms with Crippen LogP contribution in [0.2, 0.25) is 0 Å². The maximum atomic E-state index is 12.1. The number of amides is 2. The Kier molecular flexibility index (Phi) is 2.88. The number of para-hydroxylation sites is 2. The number of carbonyl (C=O) groups excluding carboxylic acids is 1. The van der Waals surface area contributed by atoms with E-state index >= 15 is 0 Å². The van der Waals surface area contributed by atoms with Gasteiger partial charge in [0.05, 0.1) is 11.4 Å². The molecule has 0 spiro atoms. The van der Waals surface area contributed by atoms with Crippen molar-refractivity contribution in [2.24, 2.45) is 0 Å². The van der Waals surface area contributed by atoms with Crippen LogP contribution in [0.5, 0.6) is 0 Å². The molecule has 2 aromatic rings. The van der Waals surface area contributed by atoms with Crippen LogP contribution in [-0.2, 0) is 0 Å². The molecule has 0 saturated carbocycles. The molecule has 0 aromatic heterocycles. The van der Waals surface area contributed by atoms with Crippen molar-refractivity contribution in [3.8, 4) is 0 Å². The molecule has 0 aliphatic carbocycles. The fraction of sp³-hybridized carbons (Fsp3) is 0. The predicted molar refractivity (Wildman–Crippen MR) is 76.3 cm³/mol. The Morgan fingerprint density at radius 2 is 1.74 bits per heavy atom. The summed E-state index contributed by atoms with van der Waals surface area (Å²) in [7, 11) is 0. The lowest BCUT2D eigenvalue weighted by molar-refractivity contribution is 0.221. The van der Waals surface area contributed by atoms with Crippen molar-refractivity contribution in [2.45, 2.75) is 0 Å². The average molecular weight is 320 g/mol. The van der Waals surface area contributed by atoms with Gasteiger partial charge in [-0.15, -0.1) is 0 Å². The predicted octanol–water partition coefficient (Wildman–Crippen LogP) is 3.61. The Morgan fingerprint density at radius 3 is 2.47 bits per heavy atom. The number of rotatable bonds is 1. The van der Waals surface area contributed by atoms with Crippen molar-refractivity contribution in [2.75, 3.05) is 15.5 Å². The minimum absolute atomic E-state index is 0.413. The number of fused-ring (bicyclic) bond motifs is 1. The minimum Gasteiger partial charge on any atom is -0.304 e.